The molecule has 3 rings (SSSR count). The Morgan fingerprint density at radius 2 is 2.00 bits per heavy atom. The monoisotopic (exact) mass is 391 g/mol. The summed E-state index contributed by atoms with van der Waals surface area (Å²) in [7, 11) is 1.79. The van der Waals surface area contributed by atoms with Crippen molar-refractivity contribution in [2.45, 2.75) is 6.54 Å². The molecule has 134 valence electrons. The van der Waals surface area contributed by atoms with E-state index in [0.717, 1.165) is 0 Å². The van der Waals surface area contributed by atoms with E-state index in [0.29, 0.717) is 21.3 Å². The van der Waals surface area contributed by atoms with Crippen molar-refractivity contribution in [1.82, 2.24) is 19.7 Å². The second kappa shape index (κ2) is 7.59. The molecule has 1 amide bonds. The molecule has 0 unspecified atom stereocenters. The SMILES string of the molecule is Cn1cc(Nc2ncc(C(N)=O)c(NCc3c(Cl)cccc3Cl)n2)cn1. The van der Waals surface area contributed by atoms with E-state index in [2.05, 4.69) is 25.7 Å². The number of nitrogens with two attached hydrogens (primary N) is 1. The number of primary amides is 1. The van der Waals surface area contributed by atoms with Crippen LogP contribution in [0.4, 0.5) is 17.5 Å². The lowest BCUT2D eigenvalue weighted by Crippen LogP contribution is -2.17. The number of nitrogens with zero attached hydrogens (tertiary/aromatic N) is 4. The summed E-state index contributed by atoms with van der Waals surface area (Å²) in [5, 5.41) is 11.1. The molecule has 4 N–H and O–H groups in total. The molecule has 26 heavy (non-hydrogen) atoms. The van der Waals surface area contributed by atoms with Gasteiger partial charge in [0, 0.05) is 41.6 Å². The third-order valence-electron chi connectivity index (χ3n) is 3.51. The van der Waals surface area contributed by atoms with E-state index in [1.165, 1.54) is 6.20 Å². The number of carbonyl (C=O) groups is 1. The summed E-state index contributed by atoms with van der Waals surface area (Å²) < 4.78 is 1.64. The van der Waals surface area contributed by atoms with Gasteiger partial charge in [-0.15, -0.1) is 0 Å². The minimum atomic E-state index is -0.648. The predicted molar refractivity (Wildman–Crippen MR) is 101 cm³/mol. The van der Waals surface area contributed by atoms with Crippen LogP contribution in [-0.4, -0.2) is 25.7 Å². The summed E-state index contributed by atoms with van der Waals surface area (Å²) in [4.78, 5) is 20.1. The molecule has 10 heteroatoms. The smallest absolute Gasteiger partial charge is 0.254 e. The molecule has 0 atom stereocenters. The Hall–Kier alpha value is -2.84. The maximum absolute atomic E-state index is 11.7. The molecule has 0 aliphatic heterocycles. The van der Waals surface area contributed by atoms with Crippen LogP contribution < -0.4 is 16.4 Å². The number of nitrogens with one attached hydrogen (secondary N) is 2. The van der Waals surface area contributed by atoms with Crippen LogP contribution in [0, 0.1) is 0 Å². The van der Waals surface area contributed by atoms with Gasteiger partial charge in [0.1, 0.15) is 5.82 Å². The molecule has 2 heterocycles. The number of hydrogen-bond acceptors (Lipinski definition) is 6. The average molecular weight is 392 g/mol. The zero-order valence-corrected chi connectivity index (χ0v) is 15.2. The Balaban J connectivity index is 1.86. The number of halogens is 2. The van der Waals surface area contributed by atoms with Crippen molar-refractivity contribution in [3.05, 3.63) is 58.0 Å². The van der Waals surface area contributed by atoms with E-state index in [9.17, 15) is 4.79 Å². The second-order valence-electron chi connectivity index (χ2n) is 5.40. The Kier molecular flexibility index (Phi) is 5.24. The van der Waals surface area contributed by atoms with Gasteiger partial charge in [0.2, 0.25) is 5.95 Å². The van der Waals surface area contributed by atoms with Gasteiger partial charge in [0.25, 0.3) is 5.91 Å². The highest BCUT2D eigenvalue weighted by atomic mass is 35.5. The van der Waals surface area contributed by atoms with Gasteiger partial charge in [0.15, 0.2) is 0 Å². The number of benzene rings is 1. The highest BCUT2D eigenvalue weighted by Gasteiger charge is 2.14. The first-order valence-corrected chi connectivity index (χ1v) is 8.29. The number of hydrogen-bond donors (Lipinski definition) is 3. The molecular weight excluding hydrogens is 377 g/mol. The molecule has 0 aliphatic carbocycles. The summed E-state index contributed by atoms with van der Waals surface area (Å²) in [6.07, 6.45) is 4.74. The molecule has 0 aliphatic rings. The van der Waals surface area contributed by atoms with Crippen LogP contribution in [0.15, 0.2) is 36.8 Å². The molecule has 0 saturated heterocycles. The standard InChI is InChI=1S/C16H15Cl2N7O/c1-25-8-9(5-22-25)23-16-21-7-11(14(19)26)15(24-16)20-6-10-12(17)3-2-4-13(10)18/h2-5,7-8H,6H2,1H3,(H2,19,26)(H2,20,21,23,24). The first-order chi connectivity index (χ1) is 12.4. The maximum Gasteiger partial charge on any atom is 0.254 e. The Morgan fingerprint density at radius 1 is 1.27 bits per heavy atom. The normalized spacial score (nSPS) is 10.6. The first-order valence-electron chi connectivity index (χ1n) is 7.53. The van der Waals surface area contributed by atoms with E-state index >= 15 is 0 Å². The topological polar surface area (TPSA) is 111 Å². The zero-order valence-electron chi connectivity index (χ0n) is 13.7. The highest BCUT2D eigenvalue weighted by Crippen LogP contribution is 2.26. The lowest BCUT2D eigenvalue weighted by molar-refractivity contribution is 0.100. The Bertz CT molecular complexity index is 937. The van der Waals surface area contributed by atoms with Crippen molar-refractivity contribution >= 4 is 46.6 Å². The van der Waals surface area contributed by atoms with Crippen LogP contribution in [0.1, 0.15) is 15.9 Å². The molecule has 1 aromatic carbocycles. The van der Waals surface area contributed by atoms with Crippen LogP contribution in [0.5, 0.6) is 0 Å². The first kappa shape index (κ1) is 18.0. The second-order valence-corrected chi connectivity index (χ2v) is 6.22. The summed E-state index contributed by atoms with van der Waals surface area (Å²) in [5.41, 5.74) is 6.96. The molecule has 3 aromatic rings. The van der Waals surface area contributed by atoms with Crippen molar-refractivity contribution in [2.24, 2.45) is 12.8 Å². The molecule has 0 spiro atoms. The lowest BCUT2D eigenvalue weighted by atomic mass is 10.2. The molecule has 0 bridgehead atoms. The van der Waals surface area contributed by atoms with Gasteiger partial charge in [-0.3, -0.25) is 9.48 Å². The van der Waals surface area contributed by atoms with Crippen LogP contribution in [0.25, 0.3) is 0 Å². The number of aromatic nitrogens is 4. The fraction of sp³-hybridized carbons (Fsp3) is 0.125. The van der Waals surface area contributed by atoms with Gasteiger partial charge in [-0.2, -0.15) is 10.1 Å². The number of anilines is 3. The molecule has 2 aromatic heterocycles. The van der Waals surface area contributed by atoms with Crippen molar-refractivity contribution in [3.63, 3.8) is 0 Å². The fourth-order valence-electron chi connectivity index (χ4n) is 2.25. The largest absolute Gasteiger partial charge is 0.365 e. The van der Waals surface area contributed by atoms with Crippen molar-refractivity contribution in [3.8, 4) is 0 Å². The van der Waals surface area contributed by atoms with Crippen molar-refractivity contribution in [2.75, 3.05) is 10.6 Å². The van der Waals surface area contributed by atoms with E-state index in [4.69, 9.17) is 28.9 Å². The van der Waals surface area contributed by atoms with Gasteiger partial charge in [0.05, 0.1) is 17.4 Å². The third-order valence-corrected chi connectivity index (χ3v) is 4.22. The van der Waals surface area contributed by atoms with Crippen molar-refractivity contribution < 1.29 is 4.79 Å². The minimum Gasteiger partial charge on any atom is -0.365 e. The van der Waals surface area contributed by atoms with Crippen LogP contribution >= 0.6 is 23.2 Å². The maximum atomic E-state index is 11.7. The van der Waals surface area contributed by atoms with E-state index in [1.54, 1.807) is 42.3 Å². The lowest BCUT2D eigenvalue weighted by Gasteiger charge is -2.12. The van der Waals surface area contributed by atoms with Crippen LogP contribution in [-0.2, 0) is 13.6 Å². The van der Waals surface area contributed by atoms with Gasteiger partial charge in [-0.25, -0.2) is 4.98 Å². The number of amides is 1. The molecular formula is C16H15Cl2N7O. The van der Waals surface area contributed by atoms with Crippen LogP contribution in [0.3, 0.4) is 0 Å². The molecule has 0 saturated carbocycles. The highest BCUT2D eigenvalue weighted by molar-refractivity contribution is 6.36. The molecule has 0 fully saturated rings. The van der Waals surface area contributed by atoms with E-state index in [-0.39, 0.29) is 23.9 Å². The Labute approximate surface area is 159 Å². The average Bonchev–Trinajstić information content (AvgIpc) is 2.99. The van der Waals surface area contributed by atoms with Gasteiger partial charge in [-0.05, 0) is 12.1 Å². The molecule has 8 nitrogen and oxygen atoms in total. The van der Waals surface area contributed by atoms with Gasteiger partial charge >= 0.3 is 0 Å². The van der Waals surface area contributed by atoms with Crippen molar-refractivity contribution in [1.29, 1.82) is 0 Å². The quantitative estimate of drug-likeness (QED) is 0.595. The van der Waals surface area contributed by atoms with E-state index in [1.807, 2.05) is 0 Å². The zero-order chi connectivity index (χ0) is 18.7. The predicted octanol–water partition coefficient (Wildman–Crippen LogP) is 2.97. The number of carbonyl (C=O) groups excluding carboxylic acids is 1. The Morgan fingerprint density at radius 3 is 2.62 bits per heavy atom. The van der Waals surface area contributed by atoms with Gasteiger partial charge < -0.3 is 16.4 Å². The summed E-state index contributed by atoms with van der Waals surface area (Å²) in [5.74, 6) is -0.0867. The van der Waals surface area contributed by atoms with E-state index < -0.39 is 5.91 Å². The summed E-state index contributed by atoms with van der Waals surface area (Å²) in [6.45, 7) is 0.266. The third kappa shape index (κ3) is 4.04. The van der Waals surface area contributed by atoms with Crippen LogP contribution in [0.2, 0.25) is 10.0 Å². The van der Waals surface area contributed by atoms with Gasteiger partial charge in [-0.1, -0.05) is 29.3 Å². The number of rotatable bonds is 6. The number of aryl methyl sites for hydroxylation is 1. The summed E-state index contributed by atoms with van der Waals surface area (Å²) >= 11 is 12.3. The summed E-state index contributed by atoms with van der Waals surface area (Å²) in [6, 6.07) is 5.22. The fourth-order valence-corrected chi connectivity index (χ4v) is 2.78. The molecule has 0 radical (unpaired) electrons. The minimum absolute atomic E-state index is 0.157.